The van der Waals surface area contributed by atoms with Crippen LogP contribution < -0.4 is 4.74 Å². The summed E-state index contributed by atoms with van der Waals surface area (Å²) in [6.07, 6.45) is -0.194. The van der Waals surface area contributed by atoms with Crippen molar-refractivity contribution >= 4 is 22.5 Å². The minimum atomic E-state index is -0.451. The van der Waals surface area contributed by atoms with Crippen LogP contribution >= 0.6 is 0 Å². The molecule has 2 aromatic rings. The molecule has 0 fully saturated rings. The van der Waals surface area contributed by atoms with E-state index in [0.717, 1.165) is 10.8 Å². The van der Waals surface area contributed by atoms with Crippen LogP contribution in [0, 0.1) is 0 Å². The van der Waals surface area contributed by atoms with Gasteiger partial charge in [-0.05, 0) is 32.2 Å². The molecule has 2 aromatic carbocycles. The van der Waals surface area contributed by atoms with Crippen LogP contribution in [0.25, 0.3) is 10.8 Å². The van der Waals surface area contributed by atoms with Crippen molar-refractivity contribution in [3.63, 3.8) is 0 Å². The van der Waals surface area contributed by atoms with Gasteiger partial charge in [-0.2, -0.15) is 0 Å². The summed E-state index contributed by atoms with van der Waals surface area (Å²) in [7, 11) is 0. The molecule has 21 heavy (non-hydrogen) atoms. The fourth-order valence-electron chi connectivity index (χ4n) is 2.10. The Bertz CT molecular complexity index is 674. The molecule has 4 nitrogen and oxygen atoms in total. The number of esters is 1. The number of Topliss-reactive ketones (excluding diaryl/α,β-unsaturated/α-hetero) is 1. The Morgan fingerprint density at radius 1 is 1.10 bits per heavy atom. The van der Waals surface area contributed by atoms with Crippen molar-refractivity contribution in [3.05, 3.63) is 42.0 Å². The Morgan fingerprint density at radius 2 is 1.81 bits per heavy atom. The number of ketones is 1. The van der Waals surface area contributed by atoms with Crippen molar-refractivity contribution in [3.8, 4) is 5.75 Å². The lowest BCUT2D eigenvalue weighted by atomic mass is 10.0. The molecule has 0 heterocycles. The number of carbonyl (C=O) groups is 2. The summed E-state index contributed by atoms with van der Waals surface area (Å²) in [5, 5.41) is 1.76. The molecule has 4 heteroatoms. The van der Waals surface area contributed by atoms with E-state index in [0.29, 0.717) is 11.3 Å². The Labute approximate surface area is 123 Å². The highest BCUT2D eigenvalue weighted by atomic mass is 16.6. The first-order valence-corrected chi connectivity index (χ1v) is 6.84. The minimum absolute atomic E-state index is 0.104. The molecular formula is C17H18O4. The van der Waals surface area contributed by atoms with Crippen LogP contribution in [0.15, 0.2) is 36.4 Å². The van der Waals surface area contributed by atoms with Crippen LogP contribution in [0.2, 0.25) is 0 Å². The van der Waals surface area contributed by atoms with Gasteiger partial charge in [-0.15, -0.1) is 0 Å². The number of benzene rings is 2. The Hall–Kier alpha value is -2.36. The Balaban J connectivity index is 2.33. The second-order valence-electron chi connectivity index (χ2n) is 5.05. The van der Waals surface area contributed by atoms with E-state index in [4.69, 9.17) is 9.47 Å². The van der Waals surface area contributed by atoms with Crippen LogP contribution in [0.3, 0.4) is 0 Å². The maximum Gasteiger partial charge on any atom is 0.344 e. The molecule has 0 saturated heterocycles. The van der Waals surface area contributed by atoms with E-state index in [9.17, 15) is 9.59 Å². The zero-order chi connectivity index (χ0) is 15.4. The van der Waals surface area contributed by atoms with E-state index in [1.54, 1.807) is 19.9 Å². The van der Waals surface area contributed by atoms with Crippen LogP contribution in [0.4, 0.5) is 0 Å². The van der Waals surface area contributed by atoms with Gasteiger partial charge in [0, 0.05) is 5.39 Å². The normalized spacial score (nSPS) is 10.7. The molecule has 110 valence electrons. The van der Waals surface area contributed by atoms with E-state index in [2.05, 4.69) is 0 Å². The van der Waals surface area contributed by atoms with E-state index in [1.807, 2.05) is 30.3 Å². The molecule has 0 aliphatic rings. The number of hydrogen-bond acceptors (Lipinski definition) is 4. The fraction of sp³-hybridized carbons (Fsp3) is 0.294. The fourth-order valence-corrected chi connectivity index (χ4v) is 2.10. The summed E-state index contributed by atoms with van der Waals surface area (Å²) in [6.45, 7) is 4.81. The smallest absolute Gasteiger partial charge is 0.344 e. The van der Waals surface area contributed by atoms with Gasteiger partial charge in [0.15, 0.2) is 12.4 Å². The summed E-state index contributed by atoms with van der Waals surface area (Å²) in [4.78, 5) is 23.3. The Morgan fingerprint density at radius 3 is 2.48 bits per heavy atom. The number of hydrogen-bond donors (Lipinski definition) is 0. The maximum absolute atomic E-state index is 11.7. The first kappa shape index (κ1) is 15.0. The van der Waals surface area contributed by atoms with Gasteiger partial charge < -0.3 is 9.47 Å². The van der Waals surface area contributed by atoms with Crippen LogP contribution in [0.5, 0.6) is 5.75 Å². The van der Waals surface area contributed by atoms with Gasteiger partial charge in [0.25, 0.3) is 0 Å². The van der Waals surface area contributed by atoms with Crippen molar-refractivity contribution in [1.82, 2.24) is 0 Å². The molecular weight excluding hydrogens is 268 g/mol. The molecule has 0 unspecified atom stereocenters. The molecule has 0 aliphatic heterocycles. The molecule has 0 spiro atoms. The first-order valence-electron chi connectivity index (χ1n) is 6.84. The molecule has 0 amide bonds. The van der Waals surface area contributed by atoms with Gasteiger partial charge in [-0.3, -0.25) is 4.79 Å². The van der Waals surface area contributed by atoms with Crippen LogP contribution in [0.1, 0.15) is 31.1 Å². The molecule has 0 aromatic heterocycles. The summed E-state index contributed by atoms with van der Waals surface area (Å²) in [6, 6.07) is 11.2. The topological polar surface area (TPSA) is 52.6 Å². The van der Waals surface area contributed by atoms with Gasteiger partial charge in [-0.25, -0.2) is 4.79 Å². The number of carbonyl (C=O) groups excluding carboxylic acids is 2. The average molecular weight is 286 g/mol. The zero-order valence-corrected chi connectivity index (χ0v) is 12.4. The maximum atomic E-state index is 11.7. The number of fused-ring (bicyclic) bond motifs is 1. The summed E-state index contributed by atoms with van der Waals surface area (Å²) in [5.41, 5.74) is 0.464. The molecule has 0 bridgehead atoms. The molecule has 2 rings (SSSR count). The van der Waals surface area contributed by atoms with Crippen molar-refractivity contribution in [2.24, 2.45) is 0 Å². The van der Waals surface area contributed by atoms with Gasteiger partial charge in [0.05, 0.1) is 11.7 Å². The van der Waals surface area contributed by atoms with Crippen molar-refractivity contribution < 1.29 is 19.1 Å². The largest absolute Gasteiger partial charge is 0.480 e. The second kappa shape index (κ2) is 6.39. The van der Waals surface area contributed by atoms with Crippen LogP contribution in [-0.4, -0.2) is 24.5 Å². The third-order valence-corrected chi connectivity index (χ3v) is 2.96. The molecule has 0 saturated carbocycles. The Kier molecular flexibility index (Phi) is 4.58. The van der Waals surface area contributed by atoms with E-state index in [-0.39, 0.29) is 18.5 Å². The lowest BCUT2D eigenvalue weighted by Crippen LogP contribution is -2.19. The minimum Gasteiger partial charge on any atom is -0.480 e. The van der Waals surface area contributed by atoms with Gasteiger partial charge >= 0.3 is 5.97 Å². The van der Waals surface area contributed by atoms with Crippen LogP contribution in [-0.2, 0) is 9.53 Å². The predicted octanol–water partition coefficient (Wildman–Crippen LogP) is 3.37. The molecule has 0 atom stereocenters. The molecule has 0 N–H and O–H groups in total. The van der Waals surface area contributed by atoms with E-state index < -0.39 is 5.97 Å². The monoisotopic (exact) mass is 286 g/mol. The summed E-state index contributed by atoms with van der Waals surface area (Å²) in [5.74, 6) is -0.123. The lowest BCUT2D eigenvalue weighted by molar-refractivity contribution is -0.149. The second-order valence-corrected chi connectivity index (χ2v) is 5.05. The third kappa shape index (κ3) is 3.60. The lowest BCUT2D eigenvalue weighted by Gasteiger charge is -2.13. The van der Waals surface area contributed by atoms with Crippen molar-refractivity contribution in [2.75, 3.05) is 6.61 Å². The quantitative estimate of drug-likeness (QED) is 0.624. The van der Waals surface area contributed by atoms with Gasteiger partial charge in [0.2, 0.25) is 0 Å². The number of rotatable bonds is 5. The molecule has 0 radical (unpaired) electrons. The van der Waals surface area contributed by atoms with Gasteiger partial charge in [0.1, 0.15) is 5.75 Å². The van der Waals surface area contributed by atoms with Crippen molar-refractivity contribution in [1.29, 1.82) is 0 Å². The zero-order valence-electron chi connectivity index (χ0n) is 12.4. The summed E-state index contributed by atoms with van der Waals surface area (Å²) < 4.78 is 10.6. The van der Waals surface area contributed by atoms with E-state index in [1.165, 1.54) is 6.92 Å². The molecule has 0 aliphatic carbocycles. The first-order chi connectivity index (χ1) is 9.99. The SMILES string of the molecule is CC(=O)c1ccc2ccccc2c1OCC(=O)OC(C)C. The number of ether oxygens (including phenoxy) is 2. The van der Waals surface area contributed by atoms with Gasteiger partial charge in [-0.1, -0.05) is 30.3 Å². The predicted molar refractivity (Wildman–Crippen MR) is 80.7 cm³/mol. The van der Waals surface area contributed by atoms with Crippen molar-refractivity contribution in [2.45, 2.75) is 26.9 Å². The van der Waals surface area contributed by atoms with E-state index >= 15 is 0 Å². The highest BCUT2D eigenvalue weighted by Gasteiger charge is 2.15. The standard InChI is InChI=1S/C17H18O4/c1-11(2)21-16(19)10-20-17-14(12(3)18)9-8-13-6-4-5-7-15(13)17/h4-9,11H,10H2,1-3H3. The average Bonchev–Trinajstić information content (AvgIpc) is 2.43. The highest BCUT2D eigenvalue weighted by molar-refractivity contribution is 6.03. The third-order valence-electron chi connectivity index (χ3n) is 2.96. The summed E-state index contributed by atoms with van der Waals surface area (Å²) >= 11 is 0. The highest BCUT2D eigenvalue weighted by Crippen LogP contribution is 2.30.